The summed E-state index contributed by atoms with van der Waals surface area (Å²) in [7, 11) is 0. The Morgan fingerprint density at radius 1 is 0.667 bits per heavy atom. The van der Waals surface area contributed by atoms with Gasteiger partial charge in [-0.2, -0.15) is 4.57 Å². The highest BCUT2D eigenvalue weighted by Gasteiger charge is 2.14. The maximum atomic E-state index is 12.6. The zero-order chi connectivity index (χ0) is 22.2. The number of esters is 2. The van der Waals surface area contributed by atoms with Crippen LogP contribution in [0.3, 0.4) is 0 Å². The molecule has 0 aliphatic carbocycles. The minimum Gasteiger partial charge on any atom is -1.00 e. The first-order valence-corrected chi connectivity index (χ1v) is 10.0. The molecular formula is C27H20BrNO4. The smallest absolute Gasteiger partial charge is 0.343 e. The molecule has 0 saturated heterocycles. The number of ether oxygens (including phenoxy) is 2. The van der Waals surface area contributed by atoms with Crippen molar-refractivity contribution in [2.75, 3.05) is 0 Å². The Bertz CT molecular complexity index is 1240. The van der Waals surface area contributed by atoms with Crippen LogP contribution in [0, 0.1) is 0 Å². The van der Waals surface area contributed by atoms with Gasteiger partial charge in [-0.3, -0.25) is 0 Å². The third kappa shape index (κ3) is 6.48. The summed E-state index contributed by atoms with van der Waals surface area (Å²) in [6, 6.07) is 28.1. The van der Waals surface area contributed by atoms with Crippen molar-refractivity contribution < 1.29 is 40.6 Å². The van der Waals surface area contributed by atoms with Gasteiger partial charge in [0.15, 0.2) is 18.6 Å². The summed E-state index contributed by atoms with van der Waals surface area (Å²) in [4.78, 5) is 25.1. The highest BCUT2D eigenvalue weighted by atomic mass is 79.9. The van der Waals surface area contributed by atoms with Crippen LogP contribution in [0.25, 0.3) is 12.3 Å². The lowest BCUT2D eigenvalue weighted by Crippen LogP contribution is -3.00. The van der Waals surface area contributed by atoms with Crippen LogP contribution in [-0.2, 0) is 0 Å². The second-order valence-electron chi connectivity index (χ2n) is 6.85. The number of hydrogen-bond acceptors (Lipinski definition) is 4. The summed E-state index contributed by atoms with van der Waals surface area (Å²) in [5.74, 6) is -0.433. The van der Waals surface area contributed by atoms with Crippen LogP contribution in [0.5, 0.6) is 11.5 Å². The summed E-state index contributed by atoms with van der Waals surface area (Å²) in [5.41, 5.74) is 1.51. The van der Waals surface area contributed by atoms with Crippen LogP contribution in [0.1, 0.15) is 26.3 Å². The van der Waals surface area contributed by atoms with E-state index in [1.165, 1.54) is 6.07 Å². The standard InChI is InChI=1S/C27H20NO4.BrH/c29-26(22-10-4-1-5-11-22)31-24-15-14-21(16-19-28-17-8-3-9-18-28)25(20-24)32-27(30)23-12-6-2-7-13-23;/h1-20H;1H/q+1;/p-1/b19-16+;. The molecule has 0 bridgehead atoms. The molecule has 6 heteroatoms. The fourth-order valence-corrected chi connectivity index (χ4v) is 2.96. The van der Waals surface area contributed by atoms with E-state index in [4.69, 9.17) is 9.47 Å². The minimum absolute atomic E-state index is 0. The van der Waals surface area contributed by atoms with Crippen molar-refractivity contribution in [3.63, 3.8) is 0 Å². The van der Waals surface area contributed by atoms with Crippen LogP contribution in [0.4, 0.5) is 0 Å². The molecule has 0 aliphatic heterocycles. The first kappa shape index (κ1) is 23.6. The fraction of sp³-hybridized carbons (Fsp3) is 0. The van der Waals surface area contributed by atoms with Crippen molar-refractivity contribution in [2.24, 2.45) is 0 Å². The second kappa shape index (κ2) is 11.5. The number of aromatic nitrogens is 1. The van der Waals surface area contributed by atoms with Crippen molar-refractivity contribution in [2.45, 2.75) is 0 Å². The van der Waals surface area contributed by atoms with Crippen molar-refractivity contribution in [1.29, 1.82) is 0 Å². The number of rotatable bonds is 6. The number of benzene rings is 3. The zero-order valence-electron chi connectivity index (χ0n) is 17.5. The SMILES string of the molecule is O=C(Oc1ccc(/C=C/[n+]2ccccc2)c(OC(=O)c2ccccc2)c1)c1ccccc1.[Br-]. The van der Waals surface area contributed by atoms with E-state index in [0.29, 0.717) is 16.7 Å². The molecule has 0 atom stereocenters. The Morgan fingerprint density at radius 2 is 1.21 bits per heavy atom. The van der Waals surface area contributed by atoms with E-state index in [1.807, 2.05) is 59.6 Å². The van der Waals surface area contributed by atoms with Gasteiger partial charge in [-0.25, -0.2) is 9.59 Å². The van der Waals surface area contributed by atoms with E-state index < -0.39 is 11.9 Å². The van der Waals surface area contributed by atoms with Gasteiger partial charge in [-0.1, -0.05) is 42.5 Å². The van der Waals surface area contributed by atoms with E-state index in [-0.39, 0.29) is 28.5 Å². The van der Waals surface area contributed by atoms with Crippen molar-refractivity contribution in [3.8, 4) is 11.5 Å². The predicted octanol–water partition coefficient (Wildman–Crippen LogP) is 2.04. The lowest BCUT2D eigenvalue weighted by atomic mass is 10.1. The average Bonchev–Trinajstić information content (AvgIpc) is 2.85. The average molecular weight is 502 g/mol. The zero-order valence-corrected chi connectivity index (χ0v) is 19.1. The van der Waals surface area contributed by atoms with Crippen LogP contribution in [0.15, 0.2) is 109 Å². The highest BCUT2D eigenvalue weighted by molar-refractivity contribution is 5.92. The van der Waals surface area contributed by atoms with Crippen molar-refractivity contribution in [3.05, 3.63) is 126 Å². The van der Waals surface area contributed by atoms with Crippen LogP contribution < -0.4 is 31.0 Å². The summed E-state index contributed by atoms with van der Waals surface area (Å²) in [5, 5.41) is 0. The fourth-order valence-electron chi connectivity index (χ4n) is 2.96. The lowest BCUT2D eigenvalue weighted by molar-refractivity contribution is -0.567. The maximum Gasteiger partial charge on any atom is 0.343 e. The molecule has 0 radical (unpaired) electrons. The molecular weight excluding hydrogens is 482 g/mol. The molecule has 0 N–H and O–H groups in total. The van der Waals surface area contributed by atoms with E-state index in [2.05, 4.69) is 0 Å². The van der Waals surface area contributed by atoms with Crippen LogP contribution >= 0.6 is 0 Å². The minimum atomic E-state index is -0.501. The van der Waals surface area contributed by atoms with Crippen molar-refractivity contribution >= 4 is 24.2 Å². The molecule has 1 aromatic heterocycles. The highest BCUT2D eigenvalue weighted by Crippen LogP contribution is 2.27. The van der Waals surface area contributed by atoms with Gasteiger partial charge in [0.25, 0.3) is 0 Å². The number of pyridine rings is 1. The Morgan fingerprint density at radius 3 is 1.82 bits per heavy atom. The van der Waals surface area contributed by atoms with E-state index in [1.54, 1.807) is 60.7 Å². The van der Waals surface area contributed by atoms with Gasteiger partial charge in [0.2, 0.25) is 0 Å². The quantitative estimate of drug-likeness (QED) is 0.230. The van der Waals surface area contributed by atoms with Gasteiger partial charge in [0.05, 0.1) is 11.1 Å². The molecule has 0 saturated carbocycles. The number of hydrogen-bond donors (Lipinski definition) is 0. The van der Waals surface area contributed by atoms with E-state index >= 15 is 0 Å². The lowest BCUT2D eigenvalue weighted by Gasteiger charge is -2.10. The predicted molar refractivity (Wildman–Crippen MR) is 121 cm³/mol. The molecule has 0 aliphatic rings. The summed E-state index contributed by atoms with van der Waals surface area (Å²) in [6.07, 6.45) is 7.44. The molecule has 0 spiro atoms. The number of carbonyl (C=O) groups excluding carboxylic acids is 2. The summed E-state index contributed by atoms with van der Waals surface area (Å²) >= 11 is 0. The first-order chi connectivity index (χ1) is 15.7. The molecule has 3 aromatic carbocycles. The number of carbonyl (C=O) groups is 2. The monoisotopic (exact) mass is 501 g/mol. The Kier molecular flexibility index (Phi) is 8.27. The van der Waals surface area contributed by atoms with Gasteiger partial charge >= 0.3 is 11.9 Å². The molecule has 4 aromatic rings. The van der Waals surface area contributed by atoms with E-state index in [9.17, 15) is 9.59 Å². The normalized spacial score (nSPS) is 10.3. The second-order valence-corrected chi connectivity index (χ2v) is 6.85. The van der Waals surface area contributed by atoms with Gasteiger partial charge in [0, 0.05) is 29.8 Å². The number of halogens is 1. The molecule has 164 valence electrons. The molecule has 0 fully saturated rings. The van der Waals surface area contributed by atoms with Crippen LogP contribution in [-0.4, -0.2) is 11.9 Å². The van der Waals surface area contributed by atoms with Gasteiger partial charge in [-0.15, -0.1) is 0 Å². The van der Waals surface area contributed by atoms with Crippen LogP contribution in [0.2, 0.25) is 0 Å². The largest absolute Gasteiger partial charge is 1.00 e. The van der Waals surface area contributed by atoms with Crippen molar-refractivity contribution in [1.82, 2.24) is 0 Å². The summed E-state index contributed by atoms with van der Waals surface area (Å²) < 4.78 is 13.0. The Labute approximate surface area is 202 Å². The third-order valence-corrected chi connectivity index (χ3v) is 4.58. The molecule has 4 rings (SSSR count). The number of nitrogens with zero attached hydrogens (tertiary/aromatic N) is 1. The van der Waals surface area contributed by atoms with Gasteiger partial charge in [-0.05, 0) is 36.4 Å². The Balaban J connectivity index is 0.00000306. The van der Waals surface area contributed by atoms with E-state index in [0.717, 1.165) is 0 Å². The topological polar surface area (TPSA) is 56.5 Å². The van der Waals surface area contributed by atoms with Gasteiger partial charge in [0.1, 0.15) is 11.5 Å². The summed E-state index contributed by atoms with van der Waals surface area (Å²) in [6.45, 7) is 0. The first-order valence-electron chi connectivity index (χ1n) is 10.0. The molecule has 5 nitrogen and oxygen atoms in total. The maximum absolute atomic E-state index is 12.6. The molecule has 0 amide bonds. The Hall–Kier alpha value is -4.03. The third-order valence-electron chi connectivity index (χ3n) is 4.58. The molecule has 0 unspecified atom stereocenters. The van der Waals surface area contributed by atoms with Gasteiger partial charge < -0.3 is 26.5 Å². The molecule has 33 heavy (non-hydrogen) atoms. The molecule has 1 heterocycles.